The Hall–Kier alpha value is -2.82. The van der Waals surface area contributed by atoms with Gasteiger partial charge in [0.25, 0.3) is 0 Å². The molecule has 0 bridgehead atoms. The first-order chi connectivity index (χ1) is 17.9. The number of benzene rings is 3. The first-order valence-corrected chi connectivity index (χ1v) is 13.6. The number of hydrogen-bond donors (Lipinski definition) is 0. The molecule has 0 heterocycles. The van der Waals surface area contributed by atoms with Crippen molar-refractivity contribution >= 4 is 0 Å². The molecule has 37 heavy (non-hydrogen) atoms. The molecule has 4 rings (SSSR count). The van der Waals surface area contributed by atoms with Gasteiger partial charge in [-0.1, -0.05) is 75.6 Å². The third kappa shape index (κ3) is 6.37. The van der Waals surface area contributed by atoms with Crippen molar-refractivity contribution in [2.75, 3.05) is 0 Å². The highest BCUT2D eigenvalue weighted by Gasteiger charge is 2.26. The van der Waals surface area contributed by atoms with Crippen LogP contribution in [0, 0.1) is 29.2 Å². The number of aryl methyl sites for hydroxylation is 1. The molecule has 1 fully saturated rings. The van der Waals surface area contributed by atoms with Crippen LogP contribution in [0.25, 0.3) is 11.1 Å². The summed E-state index contributed by atoms with van der Waals surface area (Å²) in [7, 11) is 0. The van der Waals surface area contributed by atoms with Crippen LogP contribution in [0.5, 0.6) is 5.75 Å². The van der Waals surface area contributed by atoms with E-state index in [9.17, 15) is 17.6 Å². The molecule has 0 N–H and O–H groups in total. The third-order valence-electron chi connectivity index (χ3n) is 7.68. The van der Waals surface area contributed by atoms with E-state index in [0.29, 0.717) is 34.6 Å². The first-order valence-electron chi connectivity index (χ1n) is 13.6. The van der Waals surface area contributed by atoms with Crippen molar-refractivity contribution in [1.29, 1.82) is 0 Å². The molecule has 0 radical (unpaired) electrons. The summed E-state index contributed by atoms with van der Waals surface area (Å²) in [5.41, 5.74) is 2.27. The van der Waals surface area contributed by atoms with Crippen LogP contribution in [0.4, 0.5) is 17.6 Å². The quantitative estimate of drug-likeness (QED) is 0.246. The van der Waals surface area contributed by atoms with Crippen molar-refractivity contribution in [2.45, 2.75) is 84.2 Å². The van der Waals surface area contributed by atoms with E-state index in [1.165, 1.54) is 12.5 Å². The molecule has 0 unspecified atom stereocenters. The summed E-state index contributed by atoms with van der Waals surface area (Å²) in [6.07, 6.45) is 8.49. The predicted molar refractivity (Wildman–Crippen MR) is 141 cm³/mol. The fourth-order valence-electron chi connectivity index (χ4n) is 5.46. The topological polar surface area (TPSA) is 9.23 Å². The summed E-state index contributed by atoms with van der Waals surface area (Å²) in [6, 6.07) is 13.2. The second kappa shape index (κ2) is 12.6. The normalized spacial score (nSPS) is 17.7. The monoisotopic (exact) mass is 512 g/mol. The summed E-state index contributed by atoms with van der Waals surface area (Å²) in [6.45, 7) is 4.22. The molecule has 0 spiro atoms. The Morgan fingerprint density at radius 3 is 2.14 bits per heavy atom. The highest BCUT2D eigenvalue weighted by Crippen LogP contribution is 2.40. The molecule has 0 aromatic heterocycles. The molecule has 1 aliphatic rings. The zero-order valence-electron chi connectivity index (χ0n) is 21.8. The Bertz CT molecular complexity index is 1180. The largest absolute Gasteiger partial charge is 0.486 e. The van der Waals surface area contributed by atoms with Crippen LogP contribution in [-0.2, 0) is 13.0 Å². The van der Waals surface area contributed by atoms with Gasteiger partial charge in [0, 0.05) is 5.56 Å². The number of hydrogen-bond acceptors (Lipinski definition) is 1. The third-order valence-corrected chi connectivity index (χ3v) is 7.68. The fraction of sp³-hybridized carbons (Fsp3) is 0.438. The number of ether oxygens (including phenoxy) is 1. The Balaban J connectivity index is 1.40. The number of rotatable bonds is 10. The first kappa shape index (κ1) is 27.2. The van der Waals surface area contributed by atoms with E-state index >= 15 is 0 Å². The number of unbranched alkanes of at least 4 members (excludes halogenated alkanes) is 1. The summed E-state index contributed by atoms with van der Waals surface area (Å²) < 4.78 is 64.4. The Labute approximate surface area is 217 Å². The minimum atomic E-state index is -0.953. The van der Waals surface area contributed by atoms with Gasteiger partial charge in [-0.25, -0.2) is 13.2 Å². The molecule has 0 atom stereocenters. The Morgan fingerprint density at radius 2 is 1.46 bits per heavy atom. The van der Waals surface area contributed by atoms with E-state index in [2.05, 4.69) is 6.92 Å². The van der Waals surface area contributed by atoms with Gasteiger partial charge in [-0.3, -0.25) is 0 Å². The standard InChI is InChI=1S/C32H36F4O/c1-3-5-7-25-16-17-26(30(34)29(25)33)24-14-10-22(11-15-24)20-37-28-19-18-27(31(35)32(28)36)23-12-8-21(6-4-2)9-13-23/h10-11,14-19,21,23H,3-9,12-13,20H2,1-2H3. The lowest BCUT2D eigenvalue weighted by Gasteiger charge is -2.29. The van der Waals surface area contributed by atoms with Gasteiger partial charge in [-0.2, -0.15) is 4.39 Å². The Morgan fingerprint density at radius 1 is 0.730 bits per heavy atom. The van der Waals surface area contributed by atoms with Crippen LogP contribution >= 0.6 is 0 Å². The second-order valence-electron chi connectivity index (χ2n) is 10.3. The summed E-state index contributed by atoms with van der Waals surface area (Å²) in [5, 5.41) is 0. The highest BCUT2D eigenvalue weighted by atomic mass is 19.2. The highest BCUT2D eigenvalue weighted by molar-refractivity contribution is 5.65. The van der Waals surface area contributed by atoms with E-state index < -0.39 is 23.3 Å². The van der Waals surface area contributed by atoms with Crippen molar-refractivity contribution in [3.8, 4) is 16.9 Å². The van der Waals surface area contributed by atoms with Gasteiger partial charge in [0.05, 0.1) is 0 Å². The molecule has 5 heteroatoms. The van der Waals surface area contributed by atoms with Gasteiger partial charge < -0.3 is 4.74 Å². The summed E-state index contributed by atoms with van der Waals surface area (Å²) >= 11 is 0. The fourth-order valence-corrected chi connectivity index (χ4v) is 5.46. The van der Waals surface area contributed by atoms with E-state index in [4.69, 9.17) is 4.74 Å². The minimum absolute atomic E-state index is 0.0327. The summed E-state index contributed by atoms with van der Waals surface area (Å²) in [5.74, 6) is -2.79. The van der Waals surface area contributed by atoms with Crippen LogP contribution in [0.1, 0.15) is 87.8 Å². The van der Waals surface area contributed by atoms with E-state index in [-0.39, 0.29) is 23.8 Å². The zero-order valence-corrected chi connectivity index (χ0v) is 21.8. The van der Waals surface area contributed by atoms with Gasteiger partial charge in [0.2, 0.25) is 5.82 Å². The lowest BCUT2D eigenvalue weighted by molar-refractivity contribution is 0.279. The lowest BCUT2D eigenvalue weighted by Crippen LogP contribution is -2.15. The van der Waals surface area contributed by atoms with E-state index in [1.54, 1.807) is 42.5 Å². The minimum Gasteiger partial charge on any atom is -0.486 e. The maximum Gasteiger partial charge on any atom is 0.200 e. The smallest absolute Gasteiger partial charge is 0.200 e. The van der Waals surface area contributed by atoms with Crippen molar-refractivity contribution in [2.24, 2.45) is 5.92 Å². The predicted octanol–water partition coefficient (Wildman–Crippen LogP) is 9.91. The van der Waals surface area contributed by atoms with Crippen LogP contribution in [0.3, 0.4) is 0 Å². The molecule has 1 saturated carbocycles. The van der Waals surface area contributed by atoms with Crippen LogP contribution < -0.4 is 4.74 Å². The average Bonchev–Trinajstić information content (AvgIpc) is 2.92. The van der Waals surface area contributed by atoms with Gasteiger partial charge in [0.1, 0.15) is 6.61 Å². The van der Waals surface area contributed by atoms with Crippen LogP contribution in [0.15, 0.2) is 48.5 Å². The van der Waals surface area contributed by atoms with Crippen molar-refractivity contribution < 1.29 is 22.3 Å². The zero-order chi connectivity index (χ0) is 26.4. The molecule has 0 amide bonds. The summed E-state index contributed by atoms with van der Waals surface area (Å²) in [4.78, 5) is 0. The molecule has 198 valence electrons. The van der Waals surface area contributed by atoms with Gasteiger partial charge in [0.15, 0.2) is 23.2 Å². The van der Waals surface area contributed by atoms with Crippen LogP contribution in [0.2, 0.25) is 0 Å². The second-order valence-corrected chi connectivity index (χ2v) is 10.3. The molecule has 0 saturated heterocycles. The van der Waals surface area contributed by atoms with E-state index in [0.717, 1.165) is 44.9 Å². The molecule has 3 aromatic rings. The average molecular weight is 513 g/mol. The van der Waals surface area contributed by atoms with Crippen molar-refractivity contribution in [1.82, 2.24) is 0 Å². The molecular weight excluding hydrogens is 476 g/mol. The number of halogens is 4. The molecule has 1 aliphatic carbocycles. The SMILES string of the molecule is CCCCc1ccc(-c2ccc(COc3ccc(C4CCC(CCC)CC4)c(F)c3F)cc2)c(F)c1F. The Kier molecular flexibility index (Phi) is 9.28. The van der Waals surface area contributed by atoms with Crippen LogP contribution in [-0.4, -0.2) is 0 Å². The van der Waals surface area contributed by atoms with Crippen molar-refractivity contribution in [3.05, 3.63) is 88.5 Å². The van der Waals surface area contributed by atoms with Gasteiger partial charge in [-0.05, 0) is 78.7 Å². The maximum absolute atomic E-state index is 14.9. The maximum atomic E-state index is 14.9. The molecule has 3 aromatic carbocycles. The van der Waals surface area contributed by atoms with Crippen molar-refractivity contribution in [3.63, 3.8) is 0 Å². The van der Waals surface area contributed by atoms with E-state index in [1.807, 2.05) is 6.92 Å². The lowest BCUT2D eigenvalue weighted by atomic mass is 9.77. The van der Waals surface area contributed by atoms with Gasteiger partial charge in [-0.15, -0.1) is 0 Å². The molecular formula is C32H36F4O. The molecule has 0 aliphatic heterocycles. The molecule has 1 nitrogen and oxygen atoms in total. The van der Waals surface area contributed by atoms with Gasteiger partial charge >= 0.3 is 0 Å².